The number of hydrogen-bond donors (Lipinski definition) is 1. The van der Waals surface area contributed by atoms with Crippen LogP contribution < -0.4 is 11.0 Å². The summed E-state index contributed by atoms with van der Waals surface area (Å²) in [5, 5.41) is 10.0. The minimum absolute atomic E-state index is 0.0247. The van der Waals surface area contributed by atoms with E-state index in [0.717, 1.165) is 18.6 Å². The van der Waals surface area contributed by atoms with Crippen LogP contribution >= 0.6 is 0 Å². The Bertz CT molecular complexity index is 1070. The van der Waals surface area contributed by atoms with Crippen molar-refractivity contribution in [2.24, 2.45) is 27.8 Å². The van der Waals surface area contributed by atoms with Crippen molar-refractivity contribution >= 4 is 22.4 Å². The fourth-order valence-electron chi connectivity index (χ4n) is 5.14. The average Bonchev–Trinajstić information content (AvgIpc) is 3.01. The van der Waals surface area contributed by atoms with Crippen molar-refractivity contribution in [2.75, 3.05) is 0 Å². The Morgan fingerprint density at radius 1 is 1.28 bits per heavy atom. The first-order valence-corrected chi connectivity index (χ1v) is 10.5. The van der Waals surface area contributed by atoms with Gasteiger partial charge in [-0.05, 0) is 42.6 Å². The first-order chi connectivity index (χ1) is 13.6. The summed E-state index contributed by atoms with van der Waals surface area (Å²) in [4.78, 5) is 25.8. The maximum atomic E-state index is 13.0. The van der Waals surface area contributed by atoms with Crippen LogP contribution in [-0.4, -0.2) is 21.4 Å². The molecule has 2 bridgehead atoms. The maximum Gasteiger partial charge on any atom is 0.292 e. The van der Waals surface area contributed by atoms with Crippen LogP contribution in [0.3, 0.4) is 0 Å². The number of hydrazone groups is 1. The lowest BCUT2D eigenvalue weighted by Gasteiger charge is -2.34. The Hall–Kier alpha value is -2.50. The molecule has 2 aliphatic rings. The normalized spacial score (nSPS) is 26.6. The van der Waals surface area contributed by atoms with Gasteiger partial charge in [0.15, 0.2) is 5.69 Å². The quantitative estimate of drug-likeness (QED) is 0.797. The number of fused-ring (bicyclic) bond motifs is 3. The molecule has 1 aromatic carbocycles. The van der Waals surface area contributed by atoms with Gasteiger partial charge in [-0.1, -0.05) is 52.8 Å². The largest absolute Gasteiger partial charge is 0.292 e. The minimum atomic E-state index is -0.365. The zero-order valence-electron chi connectivity index (χ0n) is 18.0. The van der Waals surface area contributed by atoms with Gasteiger partial charge < -0.3 is 0 Å². The van der Waals surface area contributed by atoms with Crippen molar-refractivity contribution in [2.45, 2.75) is 60.4 Å². The molecular weight excluding hydrogens is 364 g/mol. The van der Waals surface area contributed by atoms with Crippen LogP contribution in [0.1, 0.15) is 64.4 Å². The van der Waals surface area contributed by atoms with Crippen LogP contribution in [0, 0.1) is 22.7 Å². The van der Waals surface area contributed by atoms with E-state index in [4.69, 9.17) is 0 Å². The summed E-state index contributed by atoms with van der Waals surface area (Å²) >= 11 is 0. The van der Waals surface area contributed by atoms with Crippen molar-refractivity contribution in [3.63, 3.8) is 0 Å². The number of rotatable bonds is 4. The third-order valence-electron chi connectivity index (χ3n) is 7.43. The highest BCUT2D eigenvalue weighted by Gasteiger charge is 2.60. The second-order valence-electron chi connectivity index (χ2n) is 9.77. The van der Waals surface area contributed by atoms with Crippen LogP contribution in [0.15, 0.2) is 34.2 Å². The standard InChI is InChI=1S/C23H30N4O2/c1-14(2)13-27-21(29)17-9-7-6-8-16(17)19(26-27)20(28)25-24-18-12-15-10-11-23(18,5)22(15,3)4/h6-9,14-15H,10-13H2,1-5H3,(H,25,28)/b24-18-/t15-,23+/m0/s1. The summed E-state index contributed by atoms with van der Waals surface area (Å²) in [6.45, 7) is 11.4. The van der Waals surface area contributed by atoms with Gasteiger partial charge in [-0.25, -0.2) is 10.1 Å². The van der Waals surface area contributed by atoms with Crippen molar-refractivity contribution in [1.29, 1.82) is 0 Å². The molecule has 0 radical (unpaired) electrons. The average molecular weight is 395 g/mol. The molecule has 1 N–H and O–H groups in total. The van der Waals surface area contributed by atoms with Crippen LogP contribution in [0.25, 0.3) is 10.8 Å². The van der Waals surface area contributed by atoms with E-state index < -0.39 is 0 Å². The number of carbonyl (C=O) groups excluding carboxylic acids is 1. The molecule has 0 unspecified atom stereocenters. The smallest absolute Gasteiger partial charge is 0.267 e. The molecule has 4 rings (SSSR count). The SMILES string of the molecule is CC(C)Cn1nc(C(=O)N/N=C2/C[C@@H]3CC[C@@]2(C)C3(C)C)c2ccccc2c1=O. The topological polar surface area (TPSA) is 76.3 Å². The number of benzene rings is 1. The molecule has 154 valence electrons. The molecule has 6 heteroatoms. The van der Waals surface area contributed by atoms with Gasteiger partial charge in [-0.2, -0.15) is 10.2 Å². The van der Waals surface area contributed by atoms with E-state index in [1.807, 2.05) is 26.0 Å². The molecule has 2 atom stereocenters. The summed E-state index contributed by atoms with van der Waals surface area (Å²) in [5.74, 6) is 0.499. The van der Waals surface area contributed by atoms with Crippen molar-refractivity contribution in [3.05, 3.63) is 40.3 Å². The predicted octanol–water partition coefficient (Wildman–Crippen LogP) is 3.98. The minimum Gasteiger partial charge on any atom is -0.267 e. The lowest BCUT2D eigenvalue weighted by Crippen LogP contribution is -2.35. The number of carbonyl (C=O) groups is 1. The molecule has 0 aliphatic heterocycles. The van der Waals surface area contributed by atoms with Crippen LogP contribution in [0.4, 0.5) is 0 Å². The van der Waals surface area contributed by atoms with E-state index in [9.17, 15) is 9.59 Å². The summed E-state index contributed by atoms with van der Waals surface area (Å²) in [7, 11) is 0. The summed E-state index contributed by atoms with van der Waals surface area (Å²) in [5.41, 5.74) is 4.13. The number of hydrogen-bond acceptors (Lipinski definition) is 4. The molecule has 0 spiro atoms. The molecule has 0 saturated heterocycles. The lowest BCUT2D eigenvalue weighted by atomic mass is 9.70. The van der Waals surface area contributed by atoms with Gasteiger partial charge in [0.1, 0.15) is 0 Å². The lowest BCUT2D eigenvalue weighted by molar-refractivity contribution is 0.0948. The van der Waals surface area contributed by atoms with E-state index in [0.29, 0.717) is 23.2 Å². The maximum absolute atomic E-state index is 13.0. The Labute approximate surface area is 171 Å². The zero-order chi connectivity index (χ0) is 21.0. The highest BCUT2D eigenvalue weighted by molar-refractivity contribution is 6.05. The molecule has 2 saturated carbocycles. The molecule has 1 aromatic heterocycles. The second-order valence-corrected chi connectivity index (χ2v) is 9.77. The zero-order valence-corrected chi connectivity index (χ0v) is 18.0. The van der Waals surface area contributed by atoms with E-state index in [2.05, 4.69) is 36.4 Å². The third-order valence-corrected chi connectivity index (χ3v) is 7.43. The van der Waals surface area contributed by atoms with Gasteiger partial charge in [0.25, 0.3) is 11.5 Å². The molecular formula is C23H30N4O2. The third kappa shape index (κ3) is 3.00. The van der Waals surface area contributed by atoms with E-state index in [1.54, 1.807) is 12.1 Å². The molecule has 6 nitrogen and oxygen atoms in total. The number of nitrogens with zero attached hydrogens (tertiary/aromatic N) is 3. The van der Waals surface area contributed by atoms with Crippen molar-refractivity contribution < 1.29 is 4.79 Å². The molecule has 2 fully saturated rings. The first kappa shape index (κ1) is 19.8. The Balaban J connectivity index is 1.69. The van der Waals surface area contributed by atoms with E-state index >= 15 is 0 Å². The number of amides is 1. The van der Waals surface area contributed by atoms with Crippen LogP contribution in [0.5, 0.6) is 0 Å². The molecule has 1 amide bonds. The number of nitrogens with one attached hydrogen (secondary N) is 1. The van der Waals surface area contributed by atoms with Gasteiger partial charge >= 0.3 is 0 Å². The molecule has 1 heterocycles. The van der Waals surface area contributed by atoms with E-state index in [1.165, 1.54) is 11.1 Å². The highest BCUT2D eigenvalue weighted by Crippen LogP contribution is 2.63. The fraction of sp³-hybridized carbons (Fsp3) is 0.565. The molecule has 29 heavy (non-hydrogen) atoms. The van der Waals surface area contributed by atoms with Gasteiger partial charge in [0.05, 0.1) is 5.39 Å². The van der Waals surface area contributed by atoms with E-state index in [-0.39, 0.29) is 33.9 Å². The Morgan fingerprint density at radius 3 is 2.55 bits per heavy atom. The van der Waals surface area contributed by atoms with Gasteiger partial charge in [-0.15, -0.1) is 0 Å². The van der Waals surface area contributed by atoms with Gasteiger partial charge in [-0.3, -0.25) is 9.59 Å². The fourth-order valence-corrected chi connectivity index (χ4v) is 5.14. The Kier molecular flexibility index (Phi) is 4.63. The van der Waals surface area contributed by atoms with Crippen LogP contribution in [-0.2, 0) is 6.54 Å². The predicted molar refractivity (Wildman–Crippen MR) is 115 cm³/mol. The van der Waals surface area contributed by atoms with Crippen molar-refractivity contribution in [1.82, 2.24) is 15.2 Å². The summed E-state index contributed by atoms with van der Waals surface area (Å²) in [6, 6.07) is 7.15. The number of aromatic nitrogens is 2. The van der Waals surface area contributed by atoms with Crippen molar-refractivity contribution in [3.8, 4) is 0 Å². The van der Waals surface area contributed by atoms with Gasteiger partial charge in [0, 0.05) is 23.1 Å². The summed E-state index contributed by atoms with van der Waals surface area (Å²) < 4.78 is 1.40. The monoisotopic (exact) mass is 394 g/mol. The Morgan fingerprint density at radius 2 is 1.97 bits per heavy atom. The second kappa shape index (κ2) is 6.78. The molecule has 2 aromatic rings. The van der Waals surface area contributed by atoms with Gasteiger partial charge in [0.2, 0.25) is 0 Å². The van der Waals surface area contributed by atoms with Crippen LogP contribution in [0.2, 0.25) is 0 Å². The summed E-state index contributed by atoms with van der Waals surface area (Å²) in [6.07, 6.45) is 3.27. The highest BCUT2D eigenvalue weighted by atomic mass is 16.2. The first-order valence-electron chi connectivity index (χ1n) is 10.5. The molecule has 2 aliphatic carbocycles.